The van der Waals surface area contributed by atoms with Crippen molar-refractivity contribution in [3.63, 3.8) is 0 Å². The fourth-order valence-electron chi connectivity index (χ4n) is 5.30. The molecule has 0 saturated carbocycles. The van der Waals surface area contributed by atoms with Crippen molar-refractivity contribution in [3.05, 3.63) is 12.3 Å². The fraction of sp³-hybridized carbons (Fsp3) is 0.789. The van der Waals surface area contributed by atoms with E-state index >= 15 is 0 Å². The second-order valence-corrected chi connectivity index (χ2v) is 8.69. The number of hydrogen-bond acceptors (Lipinski definition) is 3. The maximum Gasteiger partial charge on any atom is 0.245 e. The van der Waals surface area contributed by atoms with Crippen molar-refractivity contribution in [2.24, 2.45) is 17.8 Å². The molecule has 132 valence electrons. The van der Waals surface area contributed by atoms with Crippen LogP contribution in [0.2, 0.25) is 0 Å². The third kappa shape index (κ3) is 2.27. The lowest BCUT2D eigenvalue weighted by molar-refractivity contribution is -0.144. The van der Waals surface area contributed by atoms with Crippen molar-refractivity contribution in [3.8, 4) is 0 Å². The molecule has 4 fully saturated rings. The molecule has 0 bridgehead atoms. The summed E-state index contributed by atoms with van der Waals surface area (Å²) in [4.78, 5) is 32.6. The minimum atomic E-state index is -0.260. The molecule has 4 heterocycles. The van der Waals surface area contributed by atoms with Crippen LogP contribution in [0.15, 0.2) is 12.3 Å². The van der Waals surface area contributed by atoms with E-state index in [0.29, 0.717) is 24.3 Å². The molecule has 0 radical (unpaired) electrons. The number of carbonyl (C=O) groups is 2. The van der Waals surface area contributed by atoms with Crippen LogP contribution in [0.5, 0.6) is 0 Å². The van der Waals surface area contributed by atoms with Crippen molar-refractivity contribution in [1.82, 2.24) is 14.7 Å². The topological polar surface area (TPSA) is 43.9 Å². The zero-order valence-corrected chi connectivity index (χ0v) is 15.1. The van der Waals surface area contributed by atoms with E-state index in [1.807, 2.05) is 9.80 Å². The van der Waals surface area contributed by atoms with Crippen LogP contribution in [0, 0.1) is 17.8 Å². The van der Waals surface area contributed by atoms with Gasteiger partial charge in [0.1, 0.15) is 12.1 Å². The van der Waals surface area contributed by atoms with E-state index in [4.69, 9.17) is 0 Å². The lowest BCUT2D eigenvalue weighted by Gasteiger charge is -2.33. The van der Waals surface area contributed by atoms with Crippen molar-refractivity contribution in [1.29, 1.82) is 0 Å². The molecule has 6 atom stereocenters. The SMILES string of the molecule is C=C1C2CC(C)CN2C(=O)C2CC(C)CN2C(=O)C2CC(C)CN12. The van der Waals surface area contributed by atoms with Crippen molar-refractivity contribution >= 4 is 11.8 Å². The maximum atomic E-state index is 13.3. The van der Waals surface area contributed by atoms with Crippen LogP contribution in [0.1, 0.15) is 40.0 Å². The molecule has 0 aromatic carbocycles. The summed E-state index contributed by atoms with van der Waals surface area (Å²) < 4.78 is 0. The van der Waals surface area contributed by atoms with Crippen LogP contribution in [-0.2, 0) is 9.59 Å². The smallest absolute Gasteiger partial charge is 0.245 e. The third-order valence-corrected chi connectivity index (χ3v) is 6.42. The maximum absolute atomic E-state index is 13.3. The van der Waals surface area contributed by atoms with Crippen LogP contribution in [0.4, 0.5) is 0 Å². The van der Waals surface area contributed by atoms with Crippen LogP contribution in [0.3, 0.4) is 0 Å². The summed E-state index contributed by atoms with van der Waals surface area (Å²) in [6.07, 6.45) is 2.65. The highest BCUT2D eigenvalue weighted by molar-refractivity contribution is 5.91. The fourth-order valence-corrected chi connectivity index (χ4v) is 5.30. The van der Waals surface area contributed by atoms with E-state index in [0.717, 1.165) is 38.0 Å². The Balaban J connectivity index is 1.76. The highest BCUT2D eigenvalue weighted by Crippen LogP contribution is 2.39. The predicted octanol–water partition coefficient (Wildman–Crippen LogP) is 1.70. The minimum Gasteiger partial charge on any atom is -0.361 e. The molecular formula is C19H29N3O2. The van der Waals surface area contributed by atoms with E-state index in [1.54, 1.807) is 0 Å². The summed E-state index contributed by atoms with van der Waals surface area (Å²) in [5.41, 5.74) is 0.990. The average molecular weight is 331 g/mol. The summed E-state index contributed by atoms with van der Waals surface area (Å²) in [5, 5.41) is 0. The molecule has 0 N–H and O–H groups in total. The standard InChI is InChI=1S/C19H29N3O2/c1-11-5-15-14(4)20-8-12(2)6-16(20)18(23)22-10-13(3)7-17(22)19(24)21(15)9-11/h11-13,15-17H,4-10H2,1-3H3. The molecule has 2 amide bonds. The largest absolute Gasteiger partial charge is 0.361 e. The molecule has 0 aliphatic carbocycles. The Hall–Kier alpha value is -1.52. The molecule has 0 aromatic rings. The molecule has 5 heteroatoms. The van der Waals surface area contributed by atoms with Crippen LogP contribution in [-0.4, -0.2) is 64.3 Å². The molecule has 24 heavy (non-hydrogen) atoms. The Morgan fingerprint density at radius 3 is 1.62 bits per heavy atom. The predicted molar refractivity (Wildman–Crippen MR) is 92.0 cm³/mol. The van der Waals surface area contributed by atoms with Gasteiger partial charge in [-0.25, -0.2) is 0 Å². The van der Waals surface area contributed by atoms with Crippen LogP contribution < -0.4 is 0 Å². The van der Waals surface area contributed by atoms with Gasteiger partial charge in [0.15, 0.2) is 0 Å². The molecule has 5 nitrogen and oxygen atoms in total. The first-order valence-electron chi connectivity index (χ1n) is 9.43. The molecule has 4 saturated heterocycles. The molecule has 4 aliphatic rings. The summed E-state index contributed by atoms with van der Waals surface area (Å²) in [6, 6.07) is -0.308. The van der Waals surface area contributed by atoms with Gasteiger partial charge in [0.2, 0.25) is 11.8 Å². The second-order valence-electron chi connectivity index (χ2n) is 8.69. The van der Waals surface area contributed by atoms with Gasteiger partial charge < -0.3 is 14.7 Å². The highest BCUT2D eigenvalue weighted by Gasteiger charge is 2.50. The normalized spacial score (nSPS) is 42.6. The minimum absolute atomic E-state index is 0.0731. The molecule has 0 spiro atoms. The first-order chi connectivity index (χ1) is 11.4. The monoisotopic (exact) mass is 331 g/mol. The van der Waals surface area contributed by atoms with Crippen LogP contribution >= 0.6 is 0 Å². The molecule has 0 aromatic heterocycles. The molecule has 4 aliphatic heterocycles. The lowest BCUT2D eigenvalue weighted by atomic mass is 10.0. The van der Waals surface area contributed by atoms with E-state index < -0.39 is 0 Å². The number of nitrogens with zero attached hydrogens (tertiary/aromatic N) is 3. The number of amides is 2. The number of rotatable bonds is 0. The molecule has 6 unspecified atom stereocenters. The Bertz CT molecular complexity index is 466. The van der Waals surface area contributed by atoms with Crippen LogP contribution in [0.25, 0.3) is 0 Å². The number of carbonyl (C=O) groups excluding carboxylic acids is 2. The van der Waals surface area contributed by atoms with Gasteiger partial charge in [0.05, 0.1) is 6.04 Å². The third-order valence-electron chi connectivity index (χ3n) is 6.42. The summed E-state index contributed by atoms with van der Waals surface area (Å²) in [7, 11) is 0. The molecular weight excluding hydrogens is 302 g/mol. The van der Waals surface area contributed by atoms with E-state index in [-0.39, 0.29) is 29.9 Å². The van der Waals surface area contributed by atoms with Crippen molar-refractivity contribution < 1.29 is 9.59 Å². The number of hydrogen-bond donors (Lipinski definition) is 0. The summed E-state index contributed by atoms with van der Waals surface area (Å²) in [6.45, 7) is 13.3. The quantitative estimate of drug-likeness (QED) is 0.679. The highest BCUT2D eigenvalue weighted by atomic mass is 16.2. The first-order valence-corrected chi connectivity index (χ1v) is 9.43. The summed E-state index contributed by atoms with van der Waals surface area (Å²) >= 11 is 0. The van der Waals surface area contributed by atoms with Gasteiger partial charge in [-0.3, -0.25) is 9.59 Å². The van der Waals surface area contributed by atoms with Gasteiger partial charge in [-0.1, -0.05) is 27.4 Å². The van der Waals surface area contributed by atoms with Gasteiger partial charge in [-0.15, -0.1) is 0 Å². The Kier molecular flexibility index (Phi) is 3.66. The van der Waals surface area contributed by atoms with E-state index in [9.17, 15) is 9.59 Å². The van der Waals surface area contributed by atoms with E-state index in [2.05, 4.69) is 32.3 Å². The first kappa shape index (κ1) is 16.0. The molecule has 4 rings (SSSR count). The van der Waals surface area contributed by atoms with E-state index in [1.165, 1.54) is 0 Å². The zero-order chi connectivity index (χ0) is 17.2. The van der Waals surface area contributed by atoms with Gasteiger partial charge >= 0.3 is 0 Å². The summed E-state index contributed by atoms with van der Waals surface area (Å²) in [5.74, 6) is 1.69. The Morgan fingerprint density at radius 1 is 0.708 bits per heavy atom. The zero-order valence-electron chi connectivity index (χ0n) is 15.1. The average Bonchev–Trinajstić information content (AvgIpc) is 3.21. The second kappa shape index (κ2) is 5.50. The Labute approximate surface area is 144 Å². The number of fused-ring (bicyclic) bond motifs is 3. The Morgan fingerprint density at radius 2 is 1.08 bits per heavy atom. The van der Waals surface area contributed by atoms with Gasteiger partial charge in [0.25, 0.3) is 0 Å². The van der Waals surface area contributed by atoms with Crippen molar-refractivity contribution in [2.75, 3.05) is 19.6 Å². The van der Waals surface area contributed by atoms with Gasteiger partial charge in [-0.2, -0.15) is 0 Å². The van der Waals surface area contributed by atoms with Crippen molar-refractivity contribution in [2.45, 2.75) is 58.2 Å². The van der Waals surface area contributed by atoms with Gasteiger partial charge in [0, 0.05) is 25.3 Å². The lowest BCUT2D eigenvalue weighted by Crippen LogP contribution is -2.50. The van der Waals surface area contributed by atoms with Gasteiger partial charge in [-0.05, 0) is 37.0 Å².